The van der Waals surface area contributed by atoms with Crippen molar-refractivity contribution in [1.29, 1.82) is 0 Å². The van der Waals surface area contributed by atoms with Crippen LogP contribution in [0.25, 0.3) is 0 Å². The number of ether oxygens (including phenoxy) is 1. The van der Waals surface area contributed by atoms with Crippen molar-refractivity contribution in [3.63, 3.8) is 0 Å². The van der Waals surface area contributed by atoms with Crippen LogP contribution >= 0.6 is 0 Å². The highest BCUT2D eigenvalue weighted by molar-refractivity contribution is 5.65. The molecule has 3 N–H and O–H groups in total. The number of fused-ring (bicyclic) bond motifs is 4. The van der Waals surface area contributed by atoms with E-state index in [-0.39, 0.29) is 16.4 Å². The first-order valence-electron chi connectivity index (χ1n) is 9.96. The Hall–Kier alpha value is -1.56. The third-order valence-corrected chi connectivity index (χ3v) is 7.15. The molecule has 3 saturated carbocycles. The van der Waals surface area contributed by atoms with Crippen molar-refractivity contribution >= 4 is 6.09 Å². The van der Waals surface area contributed by atoms with E-state index in [0.29, 0.717) is 5.92 Å². The Labute approximate surface area is 155 Å². The molecule has 0 aromatic carbocycles. The Balaban J connectivity index is 1.61. The minimum Gasteiger partial charge on any atom is -0.443 e. The van der Waals surface area contributed by atoms with Gasteiger partial charge in [-0.05, 0) is 42.9 Å². The molecular weight excluding hydrogens is 328 g/mol. The Kier molecular flexibility index (Phi) is 4.10. The van der Waals surface area contributed by atoms with Crippen LogP contribution in [0.3, 0.4) is 0 Å². The number of primary amides is 1. The van der Waals surface area contributed by atoms with Crippen LogP contribution in [0.15, 0.2) is 6.20 Å². The molecule has 1 unspecified atom stereocenters. The van der Waals surface area contributed by atoms with Gasteiger partial charge in [0, 0.05) is 43.2 Å². The minimum atomic E-state index is -0.623. The average molecular weight is 361 g/mol. The summed E-state index contributed by atoms with van der Waals surface area (Å²) in [5.41, 5.74) is 8.15. The molecule has 0 saturated heterocycles. The zero-order valence-electron chi connectivity index (χ0n) is 16.3. The monoisotopic (exact) mass is 360 g/mol. The first-order valence-corrected chi connectivity index (χ1v) is 9.96. The normalized spacial score (nSPS) is 33.7. The van der Waals surface area contributed by atoms with Gasteiger partial charge in [0.25, 0.3) is 0 Å². The molecule has 1 aromatic heterocycles. The summed E-state index contributed by atoms with van der Waals surface area (Å²) in [6.45, 7) is 9.74. The van der Waals surface area contributed by atoms with Crippen LogP contribution in [0.1, 0.15) is 64.1 Å². The van der Waals surface area contributed by atoms with E-state index in [1.54, 1.807) is 0 Å². The van der Waals surface area contributed by atoms with Gasteiger partial charge in [0.05, 0.1) is 6.20 Å². The highest BCUT2D eigenvalue weighted by Crippen LogP contribution is 2.61. The van der Waals surface area contributed by atoms with E-state index in [2.05, 4.69) is 30.8 Å². The first-order chi connectivity index (χ1) is 12.2. The highest BCUT2D eigenvalue weighted by Gasteiger charge is 2.59. The summed E-state index contributed by atoms with van der Waals surface area (Å²) in [5.74, 6) is 0.332. The lowest BCUT2D eigenvalue weighted by Gasteiger charge is -2.60. The molecule has 1 amide bonds. The second kappa shape index (κ2) is 5.98. The third-order valence-electron chi connectivity index (χ3n) is 7.15. The largest absolute Gasteiger partial charge is 0.443 e. The fourth-order valence-electron chi connectivity index (χ4n) is 5.84. The minimum absolute atomic E-state index is 0.0784. The van der Waals surface area contributed by atoms with Crippen molar-refractivity contribution in [1.82, 2.24) is 15.1 Å². The van der Waals surface area contributed by atoms with E-state index in [4.69, 9.17) is 15.6 Å². The topological polar surface area (TPSA) is 82.2 Å². The number of nitrogens with zero attached hydrogens (tertiary/aromatic N) is 2. The summed E-state index contributed by atoms with van der Waals surface area (Å²) in [6, 6.07) is 0. The van der Waals surface area contributed by atoms with Gasteiger partial charge >= 0.3 is 6.09 Å². The number of carbonyl (C=O) groups is 1. The quantitative estimate of drug-likeness (QED) is 0.868. The van der Waals surface area contributed by atoms with Gasteiger partial charge < -0.3 is 15.8 Å². The zero-order chi connectivity index (χ0) is 18.6. The molecule has 26 heavy (non-hydrogen) atoms. The fourth-order valence-corrected chi connectivity index (χ4v) is 5.84. The predicted molar refractivity (Wildman–Crippen MR) is 99.5 cm³/mol. The van der Waals surface area contributed by atoms with Crippen LogP contribution < -0.4 is 11.1 Å². The summed E-state index contributed by atoms with van der Waals surface area (Å²) in [5, 5.41) is 8.15. The number of amides is 1. The maximum Gasteiger partial charge on any atom is 0.405 e. The molecular formula is C20H32N4O2. The summed E-state index contributed by atoms with van der Waals surface area (Å²) in [7, 11) is 0. The molecule has 0 spiro atoms. The van der Waals surface area contributed by atoms with Gasteiger partial charge in [0.2, 0.25) is 0 Å². The van der Waals surface area contributed by atoms with Crippen LogP contribution in [-0.4, -0.2) is 28.0 Å². The molecule has 3 aliphatic carbocycles. The second-order valence-electron chi connectivity index (χ2n) is 9.81. The molecule has 3 fully saturated rings. The van der Waals surface area contributed by atoms with E-state index in [1.807, 2.05) is 6.20 Å². The number of nitrogens with one attached hydrogen (secondary N) is 1. The van der Waals surface area contributed by atoms with Crippen molar-refractivity contribution in [2.75, 3.05) is 6.54 Å². The molecule has 2 bridgehead atoms. The fraction of sp³-hybridized carbons (Fsp3) is 0.800. The molecule has 5 rings (SSSR count). The van der Waals surface area contributed by atoms with Crippen molar-refractivity contribution in [3.05, 3.63) is 17.5 Å². The molecule has 144 valence electrons. The maximum atomic E-state index is 11.6. The number of hydrogen-bond donors (Lipinski definition) is 2. The van der Waals surface area contributed by atoms with E-state index < -0.39 is 6.09 Å². The van der Waals surface area contributed by atoms with Crippen molar-refractivity contribution in [3.8, 4) is 0 Å². The molecule has 6 nitrogen and oxygen atoms in total. The predicted octanol–water partition coefficient (Wildman–Crippen LogP) is 2.99. The van der Waals surface area contributed by atoms with Crippen LogP contribution in [0, 0.1) is 16.7 Å². The van der Waals surface area contributed by atoms with Gasteiger partial charge in [0.1, 0.15) is 5.60 Å². The molecule has 6 heteroatoms. The lowest BCUT2D eigenvalue weighted by atomic mass is 9.49. The van der Waals surface area contributed by atoms with Gasteiger partial charge in [-0.2, -0.15) is 5.10 Å². The molecule has 1 atom stereocenters. The summed E-state index contributed by atoms with van der Waals surface area (Å²) >= 11 is 0. The zero-order valence-corrected chi connectivity index (χ0v) is 16.3. The van der Waals surface area contributed by atoms with E-state index >= 15 is 0 Å². The van der Waals surface area contributed by atoms with E-state index in [1.165, 1.54) is 11.3 Å². The molecule has 0 radical (unpaired) electrons. The molecule has 2 heterocycles. The Morgan fingerprint density at radius 3 is 2.77 bits per heavy atom. The Bertz CT molecular complexity index is 695. The maximum absolute atomic E-state index is 11.6. The number of nitrogens with two attached hydrogens (primary N) is 1. The summed E-state index contributed by atoms with van der Waals surface area (Å²) in [6.07, 6.45) is 7.55. The van der Waals surface area contributed by atoms with Crippen molar-refractivity contribution in [2.45, 2.75) is 78.0 Å². The Morgan fingerprint density at radius 1 is 1.38 bits per heavy atom. The molecule has 1 aromatic rings. The number of aromatic nitrogens is 2. The Morgan fingerprint density at radius 2 is 2.12 bits per heavy atom. The van der Waals surface area contributed by atoms with Crippen LogP contribution in [0.4, 0.5) is 4.79 Å². The number of carbonyl (C=O) groups excluding carboxylic acids is 1. The number of hydrogen-bond acceptors (Lipinski definition) is 4. The van der Waals surface area contributed by atoms with Crippen molar-refractivity contribution in [2.24, 2.45) is 22.5 Å². The van der Waals surface area contributed by atoms with Gasteiger partial charge in [0.15, 0.2) is 0 Å². The number of rotatable bonds is 3. The summed E-state index contributed by atoms with van der Waals surface area (Å²) < 4.78 is 8.05. The van der Waals surface area contributed by atoms with Crippen LogP contribution in [-0.2, 0) is 24.2 Å². The lowest BCUT2D eigenvalue weighted by Crippen LogP contribution is -2.59. The van der Waals surface area contributed by atoms with Gasteiger partial charge in [-0.1, -0.05) is 20.8 Å². The highest BCUT2D eigenvalue weighted by atomic mass is 16.6. The molecule has 4 aliphatic rings. The van der Waals surface area contributed by atoms with Crippen LogP contribution in [0.5, 0.6) is 0 Å². The first kappa shape index (κ1) is 17.8. The van der Waals surface area contributed by atoms with Gasteiger partial charge in [-0.3, -0.25) is 4.68 Å². The summed E-state index contributed by atoms with van der Waals surface area (Å²) in [4.78, 5) is 11.6. The smallest absolute Gasteiger partial charge is 0.405 e. The van der Waals surface area contributed by atoms with Crippen molar-refractivity contribution < 1.29 is 9.53 Å². The van der Waals surface area contributed by atoms with Gasteiger partial charge in [-0.15, -0.1) is 0 Å². The second-order valence-corrected chi connectivity index (χ2v) is 9.81. The average Bonchev–Trinajstić information content (AvgIpc) is 2.97. The van der Waals surface area contributed by atoms with Crippen LogP contribution in [0.2, 0.25) is 0 Å². The SMILES string of the molecule is CC(C)(C)C1CC2(Cn3ncc4c3CCNC4)CCC1(OC(N)=O)CC2. The van der Waals surface area contributed by atoms with E-state index in [9.17, 15) is 4.79 Å². The lowest BCUT2D eigenvalue weighted by molar-refractivity contribution is -0.172. The third kappa shape index (κ3) is 2.92. The van der Waals surface area contributed by atoms with Gasteiger partial charge in [-0.25, -0.2) is 4.79 Å². The molecule has 1 aliphatic heterocycles. The standard InChI is InChI=1S/C20H32N4O2/c1-18(2,3)16-10-19(5-7-20(16,8-6-19)26-17(21)25)13-24-15-4-9-22-11-14(15)12-23-24/h12,16,22H,4-11,13H2,1-3H3,(H2,21,25). The van der Waals surface area contributed by atoms with E-state index in [0.717, 1.165) is 58.2 Å².